The van der Waals surface area contributed by atoms with Crippen molar-refractivity contribution in [2.45, 2.75) is 38.5 Å². The van der Waals surface area contributed by atoms with Crippen LogP contribution >= 0.6 is 0 Å². The lowest BCUT2D eigenvalue weighted by atomic mass is 9.81. The molecule has 0 fully saturated rings. The first-order chi connectivity index (χ1) is 29.7. The Morgan fingerprint density at radius 1 is 0.393 bits per heavy atom. The molecular formula is C60H51N. The maximum Gasteiger partial charge on any atom is 0.0159 e. The first-order valence-corrected chi connectivity index (χ1v) is 21.3. The fraction of sp³-hybridized carbons (Fsp3) is 0.100. The van der Waals surface area contributed by atoms with E-state index in [2.05, 4.69) is 240 Å². The van der Waals surface area contributed by atoms with E-state index in [0.717, 1.165) is 16.7 Å². The molecule has 2 aliphatic rings. The molecule has 0 unspecified atom stereocenters. The highest BCUT2D eigenvalue weighted by molar-refractivity contribution is 5.87. The average molecular weight is 786 g/mol. The number of allylic oxidation sites excluding steroid dienone is 10. The first kappa shape index (κ1) is 39.3. The van der Waals surface area contributed by atoms with Crippen molar-refractivity contribution in [2.75, 3.05) is 0 Å². The van der Waals surface area contributed by atoms with Gasteiger partial charge in [-0.1, -0.05) is 228 Å². The number of benzene rings is 7. The second kappa shape index (κ2) is 16.4. The monoisotopic (exact) mass is 785 g/mol. The van der Waals surface area contributed by atoms with Crippen LogP contribution in [0.1, 0.15) is 66.6 Å². The number of nitrogens with two attached hydrogens (primary N) is 1. The minimum atomic E-state index is -0.0826. The van der Waals surface area contributed by atoms with Gasteiger partial charge in [-0.3, -0.25) is 0 Å². The lowest BCUT2D eigenvalue weighted by Crippen LogP contribution is -2.15. The predicted molar refractivity (Wildman–Crippen MR) is 262 cm³/mol. The molecule has 0 saturated carbocycles. The van der Waals surface area contributed by atoms with E-state index in [4.69, 9.17) is 5.73 Å². The van der Waals surface area contributed by atoms with Gasteiger partial charge in [-0.15, -0.1) is 0 Å². The maximum atomic E-state index is 5.84. The van der Waals surface area contributed by atoms with E-state index in [1.807, 2.05) is 6.08 Å². The Balaban J connectivity index is 1.00. The summed E-state index contributed by atoms with van der Waals surface area (Å²) in [4.78, 5) is 0. The summed E-state index contributed by atoms with van der Waals surface area (Å²) in [7, 11) is 0. The van der Waals surface area contributed by atoms with Crippen molar-refractivity contribution in [3.63, 3.8) is 0 Å². The predicted octanol–water partition coefficient (Wildman–Crippen LogP) is 15.4. The fourth-order valence-electron chi connectivity index (χ4n) is 9.26. The minimum absolute atomic E-state index is 0.0677. The van der Waals surface area contributed by atoms with Gasteiger partial charge in [0, 0.05) is 10.8 Å². The van der Waals surface area contributed by atoms with Crippen LogP contribution in [0, 0.1) is 0 Å². The Morgan fingerprint density at radius 3 is 1.38 bits per heavy atom. The highest BCUT2D eigenvalue weighted by Gasteiger charge is 2.36. The minimum Gasteiger partial charge on any atom is -0.405 e. The Labute approximate surface area is 362 Å². The Hall–Kier alpha value is -7.22. The van der Waals surface area contributed by atoms with E-state index in [1.165, 1.54) is 77.9 Å². The molecule has 0 radical (unpaired) electrons. The molecule has 2 N–H and O–H groups in total. The standard InChI is InChI=1S/C60H51N/c1-59(2)55-23-13-11-21-51(55)53-37-35-49(40-57(53)59)44(20-15-39-61)18-9-6-10-19-45(50-36-38-54-52-22-12-14-24-56(52)60(3,4)58(54)41-50)28-25-42-26-29-46(30-27-42)48-33-31-47(32-34-48)43-16-7-5-8-17-43/h5-41H,61H2,1-4H3/b10-6+,18-9-,28-25-,39-15+,44-20+,45-19+. The van der Waals surface area contributed by atoms with Gasteiger partial charge < -0.3 is 5.73 Å². The smallest absolute Gasteiger partial charge is 0.0159 e. The lowest BCUT2D eigenvalue weighted by Gasteiger charge is -2.22. The molecule has 9 rings (SSSR count). The van der Waals surface area contributed by atoms with E-state index < -0.39 is 0 Å². The summed E-state index contributed by atoms with van der Waals surface area (Å²) in [5, 5.41) is 0. The topological polar surface area (TPSA) is 26.0 Å². The molecule has 0 atom stereocenters. The first-order valence-electron chi connectivity index (χ1n) is 21.3. The van der Waals surface area contributed by atoms with Crippen LogP contribution in [0.2, 0.25) is 0 Å². The quantitative estimate of drug-likeness (QED) is 0.137. The fourth-order valence-corrected chi connectivity index (χ4v) is 9.26. The summed E-state index contributed by atoms with van der Waals surface area (Å²) in [6.07, 6.45) is 20.8. The summed E-state index contributed by atoms with van der Waals surface area (Å²) < 4.78 is 0. The lowest BCUT2D eigenvalue weighted by molar-refractivity contribution is 0.660. The van der Waals surface area contributed by atoms with Crippen LogP contribution in [0.3, 0.4) is 0 Å². The van der Waals surface area contributed by atoms with Gasteiger partial charge >= 0.3 is 0 Å². The van der Waals surface area contributed by atoms with Crippen molar-refractivity contribution < 1.29 is 0 Å². The van der Waals surface area contributed by atoms with E-state index in [-0.39, 0.29) is 10.8 Å². The normalized spacial score (nSPS) is 15.1. The zero-order valence-electron chi connectivity index (χ0n) is 35.4. The van der Waals surface area contributed by atoms with Gasteiger partial charge in [0.25, 0.3) is 0 Å². The molecule has 1 nitrogen and oxygen atoms in total. The van der Waals surface area contributed by atoms with Crippen LogP contribution in [0.4, 0.5) is 0 Å². The number of rotatable bonds is 10. The van der Waals surface area contributed by atoms with Crippen molar-refractivity contribution in [1.29, 1.82) is 0 Å². The molecule has 7 aromatic rings. The molecule has 296 valence electrons. The average Bonchev–Trinajstić information content (AvgIpc) is 3.67. The number of fused-ring (bicyclic) bond motifs is 6. The third-order valence-electron chi connectivity index (χ3n) is 12.7. The van der Waals surface area contributed by atoms with E-state index in [1.54, 1.807) is 6.20 Å². The van der Waals surface area contributed by atoms with Crippen LogP contribution in [-0.4, -0.2) is 0 Å². The van der Waals surface area contributed by atoms with Crippen molar-refractivity contribution in [3.8, 4) is 44.5 Å². The zero-order valence-corrected chi connectivity index (χ0v) is 35.4. The van der Waals surface area contributed by atoms with Crippen molar-refractivity contribution >= 4 is 17.2 Å². The Kier molecular flexibility index (Phi) is 10.6. The Morgan fingerprint density at radius 2 is 0.836 bits per heavy atom. The number of hydrogen-bond acceptors (Lipinski definition) is 1. The maximum absolute atomic E-state index is 5.84. The van der Waals surface area contributed by atoms with Gasteiger partial charge in [-0.05, 0) is 119 Å². The molecule has 2 aliphatic carbocycles. The van der Waals surface area contributed by atoms with Crippen molar-refractivity contribution in [1.82, 2.24) is 0 Å². The molecular weight excluding hydrogens is 735 g/mol. The third kappa shape index (κ3) is 7.60. The van der Waals surface area contributed by atoms with E-state index in [9.17, 15) is 0 Å². The van der Waals surface area contributed by atoms with Crippen LogP contribution in [-0.2, 0) is 10.8 Å². The van der Waals surface area contributed by atoms with Crippen LogP contribution in [0.5, 0.6) is 0 Å². The van der Waals surface area contributed by atoms with Gasteiger partial charge in [0.2, 0.25) is 0 Å². The summed E-state index contributed by atoms with van der Waals surface area (Å²) in [5.41, 5.74) is 27.1. The van der Waals surface area contributed by atoms with Crippen molar-refractivity contribution in [2.24, 2.45) is 5.73 Å². The van der Waals surface area contributed by atoms with E-state index >= 15 is 0 Å². The third-order valence-corrected chi connectivity index (χ3v) is 12.7. The molecule has 0 aliphatic heterocycles. The SMILES string of the molecule is CC1(C)c2ccccc2-c2ccc(C(/C=C\C=C\C=C(/C=C\c3ccc(-c4ccc(-c5ccccc5)cc4)cc3)c3ccc4c(c3)C(C)(C)c3ccccc3-4)=C/C=C/N)cc21. The number of hydrogen-bond donors (Lipinski definition) is 1. The van der Waals surface area contributed by atoms with Crippen LogP contribution < -0.4 is 5.73 Å². The van der Waals surface area contributed by atoms with Crippen LogP contribution in [0.25, 0.3) is 61.7 Å². The summed E-state index contributed by atoms with van der Waals surface area (Å²) in [6, 6.07) is 59.6. The highest BCUT2D eigenvalue weighted by atomic mass is 14.5. The second-order valence-electron chi connectivity index (χ2n) is 17.1. The van der Waals surface area contributed by atoms with E-state index in [0.29, 0.717) is 0 Å². The summed E-state index contributed by atoms with van der Waals surface area (Å²) in [6.45, 7) is 9.33. The molecule has 0 saturated heterocycles. The molecule has 0 bridgehead atoms. The van der Waals surface area contributed by atoms with Gasteiger partial charge in [0.15, 0.2) is 0 Å². The van der Waals surface area contributed by atoms with Gasteiger partial charge in [0.05, 0.1) is 0 Å². The van der Waals surface area contributed by atoms with Gasteiger partial charge in [0.1, 0.15) is 0 Å². The van der Waals surface area contributed by atoms with Gasteiger partial charge in [-0.25, -0.2) is 0 Å². The molecule has 0 heterocycles. The molecule has 61 heavy (non-hydrogen) atoms. The second-order valence-corrected chi connectivity index (χ2v) is 17.1. The molecule has 0 aromatic heterocycles. The molecule has 7 aromatic carbocycles. The largest absolute Gasteiger partial charge is 0.405 e. The summed E-state index contributed by atoms with van der Waals surface area (Å²) in [5.74, 6) is 0. The molecule has 1 heteroatoms. The zero-order chi connectivity index (χ0) is 42.0. The van der Waals surface area contributed by atoms with Crippen molar-refractivity contribution in [3.05, 3.63) is 258 Å². The van der Waals surface area contributed by atoms with Gasteiger partial charge in [-0.2, -0.15) is 0 Å². The Bertz CT molecular complexity index is 2920. The highest BCUT2D eigenvalue weighted by Crippen LogP contribution is 2.50. The molecule has 0 amide bonds. The van der Waals surface area contributed by atoms with Crippen LogP contribution in [0.15, 0.2) is 219 Å². The summed E-state index contributed by atoms with van der Waals surface area (Å²) >= 11 is 0. The molecule has 0 spiro atoms.